The van der Waals surface area contributed by atoms with E-state index in [1.807, 2.05) is 30.4 Å². The first kappa shape index (κ1) is 15.5. The second-order valence-corrected chi connectivity index (χ2v) is 7.70. The Morgan fingerprint density at radius 2 is 2.08 bits per heavy atom. The summed E-state index contributed by atoms with van der Waals surface area (Å²) in [5.41, 5.74) is 3.32. The van der Waals surface area contributed by atoms with Gasteiger partial charge in [-0.3, -0.25) is 4.79 Å². The number of hydrogen-bond donors (Lipinski definition) is 2. The molecule has 0 spiro atoms. The predicted octanol–water partition coefficient (Wildman–Crippen LogP) is 4.46. The lowest BCUT2D eigenvalue weighted by Gasteiger charge is -2.25. The average molecular weight is 338 g/mol. The largest absolute Gasteiger partial charge is 0.353 e. The Morgan fingerprint density at radius 3 is 2.88 bits per heavy atom. The molecule has 0 saturated carbocycles. The fraction of sp³-hybridized carbons (Fsp3) is 0.350. The zero-order valence-electron chi connectivity index (χ0n) is 13.8. The number of nitrogens with one attached hydrogen (secondary N) is 2. The third-order valence-electron chi connectivity index (χ3n) is 5.03. The lowest BCUT2D eigenvalue weighted by Crippen LogP contribution is -2.43. The molecular weight excluding hydrogens is 316 g/mol. The summed E-state index contributed by atoms with van der Waals surface area (Å²) in [5, 5.41) is 7.61. The standard InChI is InChI=1S/C20H22N2OS/c1-2-13-8-10-15-16(12-13)24-20-18(15)19(23)21-17(22-20)11-9-14-6-4-3-5-7-14/h3-7,9,11,13,17,22H,2,8,10,12H2,1H3,(H,21,23). The van der Waals surface area contributed by atoms with E-state index in [-0.39, 0.29) is 12.1 Å². The highest BCUT2D eigenvalue weighted by molar-refractivity contribution is 7.16. The molecule has 1 amide bonds. The molecule has 0 saturated heterocycles. The summed E-state index contributed by atoms with van der Waals surface area (Å²) in [6.45, 7) is 2.26. The highest BCUT2D eigenvalue weighted by Gasteiger charge is 2.32. The molecule has 0 fully saturated rings. The van der Waals surface area contributed by atoms with Gasteiger partial charge in [0.25, 0.3) is 5.91 Å². The second kappa shape index (κ2) is 6.44. The van der Waals surface area contributed by atoms with Crippen LogP contribution in [0.2, 0.25) is 0 Å². The molecule has 124 valence electrons. The van der Waals surface area contributed by atoms with Gasteiger partial charge < -0.3 is 10.6 Å². The summed E-state index contributed by atoms with van der Waals surface area (Å²) >= 11 is 1.78. The summed E-state index contributed by atoms with van der Waals surface area (Å²) in [6, 6.07) is 10.1. The van der Waals surface area contributed by atoms with Gasteiger partial charge in [0.2, 0.25) is 0 Å². The van der Waals surface area contributed by atoms with E-state index >= 15 is 0 Å². The van der Waals surface area contributed by atoms with Crippen molar-refractivity contribution in [1.82, 2.24) is 5.32 Å². The fourth-order valence-electron chi connectivity index (χ4n) is 3.60. The van der Waals surface area contributed by atoms with Crippen molar-refractivity contribution >= 4 is 28.3 Å². The van der Waals surface area contributed by atoms with Crippen molar-refractivity contribution in [2.45, 2.75) is 38.8 Å². The first-order valence-electron chi connectivity index (χ1n) is 8.69. The number of thiophene rings is 1. The van der Waals surface area contributed by atoms with Crippen molar-refractivity contribution < 1.29 is 4.79 Å². The lowest BCUT2D eigenvalue weighted by molar-refractivity contribution is 0.0942. The summed E-state index contributed by atoms with van der Waals surface area (Å²) in [4.78, 5) is 14.0. The van der Waals surface area contributed by atoms with E-state index < -0.39 is 0 Å². The van der Waals surface area contributed by atoms with Crippen molar-refractivity contribution in [2.24, 2.45) is 5.92 Å². The van der Waals surface area contributed by atoms with Crippen LogP contribution in [0.15, 0.2) is 36.4 Å². The highest BCUT2D eigenvalue weighted by Crippen LogP contribution is 2.41. The van der Waals surface area contributed by atoms with E-state index in [9.17, 15) is 4.79 Å². The number of carbonyl (C=O) groups excluding carboxylic acids is 1. The van der Waals surface area contributed by atoms with Gasteiger partial charge in [0.05, 0.1) is 5.56 Å². The maximum absolute atomic E-state index is 12.6. The Bertz CT molecular complexity index is 778. The van der Waals surface area contributed by atoms with Gasteiger partial charge in [-0.1, -0.05) is 49.8 Å². The third-order valence-corrected chi connectivity index (χ3v) is 6.21. The van der Waals surface area contributed by atoms with Crippen LogP contribution in [0.1, 0.15) is 46.1 Å². The SMILES string of the molecule is CCC1CCc2c(sc3c2C(=O)NC(C=Cc2ccccc2)N3)C1. The predicted molar refractivity (Wildman–Crippen MR) is 100 cm³/mol. The van der Waals surface area contributed by atoms with Crippen LogP contribution < -0.4 is 10.6 Å². The molecule has 1 aromatic carbocycles. The smallest absolute Gasteiger partial charge is 0.256 e. The molecule has 2 N–H and O–H groups in total. The van der Waals surface area contributed by atoms with Gasteiger partial charge in [-0.05, 0) is 42.4 Å². The molecule has 1 aromatic heterocycles. The van der Waals surface area contributed by atoms with Crippen LogP contribution in [0.5, 0.6) is 0 Å². The molecule has 2 aliphatic rings. The normalized spacial score (nSPS) is 22.6. The molecule has 3 nitrogen and oxygen atoms in total. The van der Waals surface area contributed by atoms with E-state index in [1.165, 1.54) is 23.3 Å². The number of hydrogen-bond acceptors (Lipinski definition) is 3. The van der Waals surface area contributed by atoms with Crippen LogP contribution in [-0.4, -0.2) is 12.1 Å². The molecule has 24 heavy (non-hydrogen) atoms. The summed E-state index contributed by atoms with van der Waals surface area (Å²) in [6.07, 6.45) is 8.52. The number of anilines is 1. The quantitative estimate of drug-likeness (QED) is 0.867. The van der Waals surface area contributed by atoms with Gasteiger partial charge in [-0.25, -0.2) is 0 Å². The van der Waals surface area contributed by atoms with Gasteiger partial charge in [0.15, 0.2) is 0 Å². The van der Waals surface area contributed by atoms with Crippen molar-refractivity contribution in [1.29, 1.82) is 0 Å². The molecular formula is C20H22N2OS. The van der Waals surface area contributed by atoms with Crippen molar-refractivity contribution in [3.05, 3.63) is 58.0 Å². The third kappa shape index (κ3) is 2.86. The zero-order valence-corrected chi connectivity index (χ0v) is 14.7. The lowest BCUT2D eigenvalue weighted by atomic mass is 9.85. The number of rotatable bonds is 3. The van der Waals surface area contributed by atoms with E-state index in [0.29, 0.717) is 0 Å². The molecule has 2 atom stereocenters. The first-order valence-corrected chi connectivity index (χ1v) is 9.51. The average Bonchev–Trinajstić information content (AvgIpc) is 2.98. The number of carbonyl (C=O) groups is 1. The van der Waals surface area contributed by atoms with E-state index in [2.05, 4.69) is 29.7 Å². The summed E-state index contributed by atoms with van der Waals surface area (Å²) in [7, 11) is 0. The van der Waals surface area contributed by atoms with Crippen molar-refractivity contribution in [3.63, 3.8) is 0 Å². The summed E-state index contributed by atoms with van der Waals surface area (Å²) < 4.78 is 0. The van der Waals surface area contributed by atoms with Crippen LogP contribution in [0.3, 0.4) is 0 Å². The van der Waals surface area contributed by atoms with Gasteiger partial charge in [-0.2, -0.15) is 0 Å². The van der Waals surface area contributed by atoms with Crippen molar-refractivity contribution in [3.8, 4) is 0 Å². The molecule has 0 radical (unpaired) electrons. The minimum absolute atomic E-state index is 0.0684. The molecule has 1 aliphatic carbocycles. The first-order chi connectivity index (χ1) is 11.7. The molecule has 4 rings (SSSR count). The Balaban J connectivity index is 1.56. The Hall–Kier alpha value is -2.07. The van der Waals surface area contributed by atoms with Crippen molar-refractivity contribution in [2.75, 3.05) is 5.32 Å². The van der Waals surface area contributed by atoms with Crippen LogP contribution in [-0.2, 0) is 12.8 Å². The van der Waals surface area contributed by atoms with E-state index in [0.717, 1.165) is 34.9 Å². The molecule has 2 unspecified atom stereocenters. The van der Waals surface area contributed by atoms with Crippen LogP contribution in [0.4, 0.5) is 5.00 Å². The van der Waals surface area contributed by atoms with Crippen LogP contribution >= 0.6 is 11.3 Å². The Morgan fingerprint density at radius 1 is 1.25 bits per heavy atom. The van der Waals surface area contributed by atoms with Gasteiger partial charge in [0, 0.05) is 4.88 Å². The zero-order chi connectivity index (χ0) is 16.5. The minimum atomic E-state index is -0.146. The fourth-order valence-corrected chi connectivity index (χ4v) is 5.00. The molecule has 1 aliphatic heterocycles. The molecule has 4 heteroatoms. The topological polar surface area (TPSA) is 41.1 Å². The Labute approximate surface area is 146 Å². The number of benzene rings is 1. The minimum Gasteiger partial charge on any atom is -0.353 e. The van der Waals surface area contributed by atoms with Gasteiger partial charge >= 0.3 is 0 Å². The molecule has 2 aromatic rings. The van der Waals surface area contributed by atoms with Crippen LogP contribution in [0, 0.1) is 5.92 Å². The number of amides is 1. The van der Waals surface area contributed by atoms with E-state index in [4.69, 9.17) is 0 Å². The summed E-state index contributed by atoms with van der Waals surface area (Å²) in [5.74, 6) is 0.841. The maximum atomic E-state index is 12.6. The van der Waals surface area contributed by atoms with Crippen LogP contribution in [0.25, 0.3) is 6.08 Å². The monoisotopic (exact) mass is 338 g/mol. The second-order valence-electron chi connectivity index (χ2n) is 6.59. The van der Waals surface area contributed by atoms with Gasteiger partial charge in [-0.15, -0.1) is 11.3 Å². The Kier molecular flexibility index (Phi) is 4.15. The van der Waals surface area contributed by atoms with Gasteiger partial charge in [0.1, 0.15) is 11.2 Å². The molecule has 0 bridgehead atoms. The van der Waals surface area contributed by atoms with E-state index in [1.54, 1.807) is 11.3 Å². The number of fused-ring (bicyclic) bond motifs is 3. The molecule has 2 heterocycles. The highest BCUT2D eigenvalue weighted by atomic mass is 32.1. The maximum Gasteiger partial charge on any atom is 0.256 e.